The molecule has 1 aliphatic carbocycles. The summed E-state index contributed by atoms with van der Waals surface area (Å²) in [5, 5.41) is 0. The van der Waals surface area contributed by atoms with E-state index in [1.54, 1.807) is 12.3 Å². The van der Waals surface area contributed by atoms with E-state index < -0.39 is 6.85 Å². The van der Waals surface area contributed by atoms with Gasteiger partial charge >= 0.3 is 0 Å². The molecular formula is C24H26N+. The molecule has 0 spiro atoms. The van der Waals surface area contributed by atoms with Crippen LogP contribution in [0.4, 0.5) is 0 Å². The summed E-state index contributed by atoms with van der Waals surface area (Å²) < 4.78 is 24.9. The van der Waals surface area contributed by atoms with Crippen LogP contribution in [0.3, 0.4) is 0 Å². The van der Waals surface area contributed by atoms with Gasteiger partial charge in [0.2, 0.25) is 5.69 Å². The number of benzene rings is 2. The van der Waals surface area contributed by atoms with Gasteiger partial charge in [-0.15, -0.1) is 0 Å². The van der Waals surface area contributed by atoms with Crippen molar-refractivity contribution in [2.45, 2.75) is 40.0 Å². The van der Waals surface area contributed by atoms with Crippen LogP contribution in [0.15, 0.2) is 48.7 Å². The Morgan fingerprint density at radius 1 is 0.840 bits per heavy atom. The number of rotatable bonds is 1. The molecule has 1 aliphatic rings. The first-order valence-electron chi connectivity index (χ1n) is 10.3. The van der Waals surface area contributed by atoms with Crippen molar-refractivity contribution in [3.05, 3.63) is 76.5 Å². The van der Waals surface area contributed by atoms with Gasteiger partial charge in [0.05, 0.1) is 0 Å². The van der Waals surface area contributed by atoms with Gasteiger partial charge in [-0.3, -0.25) is 0 Å². The molecular weight excluding hydrogens is 302 g/mol. The van der Waals surface area contributed by atoms with Crippen molar-refractivity contribution in [1.82, 2.24) is 0 Å². The molecule has 126 valence electrons. The largest absolute Gasteiger partial charge is 0.212 e. The zero-order chi connectivity index (χ0) is 20.4. The van der Waals surface area contributed by atoms with Crippen molar-refractivity contribution >= 4 is 0 Å². The summed E-state index contributed by atoms with van der Waals surface area (Å²) in [5.74, 6) is 0. The van der Waals surface area contributed by atoms with E-state index in [2.05, 4.69) is 58.0 Å². The third-order valence-electron chi connectivity index (χ3n) is 5.59. The maximum absolute atomic E-state index is 7.65. The van der Waals surface area contributed by atoms with Crippen molar-refractivity contribution in [3.63, 3.8) is 0 Å². The molecule has 0 fully saturated rings. The van der Waals surface area contributed by atoms with Gasteiger partial charge in [-0.25, -0.2) is 4.57 Å². The fraction of sp³-hybridized carbons (Fsp3) is 0.292. The smallest absolute Gasteiger partial charge is 0.201 e. The van der Waals surface area contributed by atoms with E-state index in [-0.39, 0.29) is 5.41 Å². The van der Waals surface area contributed by atoms with Gasteiger partial charge in [-0.2, -0.15) is 0 Å². The lowest BCUT2D eigenvalue weighted by Crippen LogP contribution is -2.31. The second-order valence-electron chi connectivity index (χ2n) is 7.80. The van der Waals surface area contributed by atoms with Crippen LogP contribution in [0, 0.1) is 20.7 Å². The summed E-state index contributed by atoms with van der Waals surface area (Å²) in [6.45, 7) is 6.75. The van der Waals surface area contributed by atoms with E-state index in [0.717, 1.165) is 11.3 Å². The van der Waals surface area contributed by atoms with Gasteiger partial charge in [0.1, 0.15) is 7.05 Å². The summed E-state index contributed by atoms with van der Waals surface area (Å²) in [7, 11) is 1.92. The van der Waals surface area contributed by atoms with Crippen LogP contribution in [0.5, 0.6) is 0 Å². The zero-order valence-corrected chi connectivity index (χ0v) is 15.6. The predicted molar refractivity (Wildman–Crippen MR) is 105 cm³/mol. The first-order valence-corrected chi connectivity index (χ1v) is 8.77. The number of aromatic nitrogens is 1. The Kier molecular flexibility index (Phi) is 2.73. The summed E-state index contributed by atoms with van der Waals surface area (Å²) in [5.41, 5.74) is 10.3. The quantitative estimate of drug-likeness (QED) is 0.525. The van der Waals surface area contributed by atoms with Gasteiger partial charge in [-0.05, 0) is 60.6 Å². The van der Waals surface area contributed by atoms with Gasteiger partial charge < -0.3 is 0 Å². The second-order valence-corrected chi connectivity index (χ2v) is 7.80. The summed E-state index contributed by atoms with van der Waals surface area (Å²) in [4.78, 5) is 0. The van der Waals surface area contributed by atoms with Gasteiger partial charge in [-0.1, -0.05) is 43.7 Å². The van der Waals surface area contributed by atoms with Crippen LogP contribution >= 0.6 is 0 Å². The van der Waals surface area contributed by atoms with Crippen molar-refractivity contribution in [1.29, 1.82) is 0 Å². The predicted octanol–water partition coefficient (Wildman–Crippen LogP) is 5.41. The monoisotopic (exact) mass is 331 g/mol. The Bertz CT molecular complexity index is 1110. The van der Waals surface area contributed by atoms with E-state index in [1.807, 2.05) is 17.7 Å². The number of pyridine rings is 1. The Hall–Kier alpha value is -2.41. The van der Waals surface area contributed by atoms with E-state index in [1.165, 1.54) is 33.4 Å². The molecule has 0 bridgehead atoms. The van der Waals surface area contributed by atoms with E-state index >= 15 is 0 Å². The molecule has 2 aromatic carbocycles. The number of aryl methyl sites for hydroxylation is 4. The molecule has 0 atom stereocenters. The first kappa shape index (κ1) is 12.9. The molecule has 0 N–H and O–H groups in total. The summed E-state index contributed by atoms with van der Waals surface area (Å²) >= 11 is 0. The number of hydrogen-bond donors (Lipinski definition) is 0. The normalized spacial score (nSPS) is 16.6. The fourth-order valence-corrected chi connectivity index (χ4v) is 4.17. The van der Waals surface area contributed by atoms with E-state index in [4.69, 9.17) is 4.11 Å². The summed E-state index contributed by atoms with van der Waals surface area (Å²) in [6, 6.07) is 14.9. The minimum absolute atomic E-state index is 0.0592. The highest BCUT2D eigenvalue weighted by Crippen LogP contribution is 2.50. The minimum atomic E-state index is -2.09. The van der Waals surface area contributed by atoms with Crippen LogP contribution in [0.25, 0.3) is 22.4 Å². The van der Waals surface area contributed by atoms with Crippen LogP contribution < -0.4 is 4.57 Å². The van der Waals surface area contributed by atoms with E-state index in [0.29, 0.717) is 5.56 Å². The maximum Gasteiger partial charge on any atom is 0.212 e. The average Bonchev–Trinajstić information content (AvgIpc) is 2.80. The van der Waals surface area contributed by atoms with Gasteiger partial charge in [0.25, 0.3) is 0 Å². The summed E-state index contributed by atoms with van der Waals surface area (Å²) in [6.07, 6.45) is 1.72. The molecule has 0 amide bonds. The van der Waals surface area contributed by atoms with Gasteiger partial charge in [0.15, 0.2) is 6.20 Å². The Morgan fingerprint density at radius 2 is 1.56 bits per heavy atom. The minimum Gasteiger partial charge on any atom is -0.201 e. The van der Waals surface area contributed by atoms with Crippen LogP contribution in [0.1, 0.15) is 45.8 Å². The highest BCUT2D eigenvalue weighted by atomic mass is 14.9. The first-order chi connectivity index (χ1) is 13.0. The molecule has 0 aliphatic heterocycles. The molecule has 0 saturated heterocycles. The Morgan fingerprint density at radius 3 is 2.28 bits per heavy atom. The third-order valence-corrected chi connectivity index (χ3v) is 5.59. The lowest BCUT2D eigenvalue weighted by molar-refractivity contribution is -0.660. The van der Waals surface area contributed by atoms with Crippen molar-refractivity contribution in [3.8, 4) is 22.4 Å². The highest BCUT2D eigenvalue weighted by molar-refractivity contribution is 5.84. The maximum atomic E-state index is 7.65. The van der Waals surface area contributed by atoms with Crippen molar-refractivity contribution < 1.29 is 8.68 Å². The fourth-order valence-electron chi connectivity index (χ4n) is 4.17. The Labute approximate surface area is 155 Å². The highest BCUT2D eigenvalue weighted by Gasteiger charge is 2.36. The third kappa shape index (κ3) is 2.33. The lowest BCUT2D eigenvalue weighted by atomic mass is 9.81. The molecule has 3 aromatic rings. The number of hydrogen-bond acceptors (Lipinski definition) is 0. The second kappa shape index (κ2) is 5.29. The standard InChI is InChI=1S/C24H26N/c1-15-7-9-18-20-12-17(3)19(23-10-8-16(2)14-25(23)6)13-22(20)24(4,5)21(18)11-15/h7-14H,1-6H3/q+1/i2D3. The van der Waals surface area contributed by atoms with Gasteiger partial charge in [0, 0.05) is 26.7 Å². The Balaban J connectivity index is 1.90. The molecule has 1 nitrogen and oxygen atoms in total. The van der Waals surface area contributed by atoms with Crippen molar-refractivity contribution in [2.24, 2.45) is 7.05 Å². The topological polar surface area (TPSA) is 3.88 Å². The number of nitrogens with zero attached hydrogens (tertiary/aromatic N) is 1. The van der Waals surface area contributed by atoms with Crippen LogP contribution in [-0.4, -0.2) is 0 Å². The van der Waals surface area contributed by atoms with E-state index in [9.17, 15) is 0 Å². The average molecular weight is 331 g/mol. The SMILES string of the molecule is [2H]C([2H])([2H])c1ccc(-c2cc3c(cc2C)-c2ccc(C)cc2C3(C)C)[n+](C)c1. The molecule has 0 radical (unpaired) electrons. The molecule has 0 saturated carbocycles. The molecule has 1 heterocycles. The van der Waals surface area contributed by atoms with Crippen LogP contribution in [0.2, 0.25) is 0 Å². The molecule has 1 aromatic heterocycles. The molecule has 4 rings (SSSR count). The van der Waals surface area contributed by atoms with Crippen LogP contribution in [-0.2, 0) is 12.5 Å². The zero-order valence-electron chi connectivity index (χ0n) is 18.6. The lowest BCUT2D eigenvalue weighted by Gasteiger charge is -2.22. The van der Waals surface area contributed by atoms with Crippen molar-refractivity contribution in [2.75, 3.05) is 0 Å². The number of fused-ring (bicyclic) bond motifs is 3. The molecule has 1 heteroatoms. The molecule has 25 heavy (non-hydrogen) atoms. The molecule has 0 unspecified atom stereocenters.